The Morgan fingerprint density at radius 1 is 1.17 bits per heavy atom. The van der Waals surface area contributed by atoms with Crippen LogP contribution in [0.25, 0.3) is 21.8 Å². The first-order valence-corrected chi connectivity index (χ1v) is 12.0. The van der Waals surface area contributed by atoms with Crippen LogP contribution in [0.1, 0.15) is 30.7 Å². The van der Waals surface area contributed by atoms with Gasteiger partial charge in [0.2, 0.25) is 5.88 Å². The molecule has 1 saturated heterocycles. The summed E-state index contributed by atoms with van der Waals surface area (Å²) in [6.07, 6.45) is 4.47. The highest BCUT2D eigenvalue weighted by atomic mass is 19.1. The summed E-state index contributed by atoms with van der Waals surface area (Å²) in [5.74, 6) is 1.08. The van der Waals surface area contributed by atoms with Gasteiger partial charge in [0, 0.05) is 35.1 Å². The van der Waals surface area contributed by atoms with Gasteiger partial charge in [-0.25, -0.2) is 14.2 Å². The Hall–Kier alpha value is -3.65. The van der Waals surface area contributed by atoms with Gasteiger partial charge in [-0.3, -0.25) is 0 Å². The summed E-state index contributed by atoms with van der Waals surface area (Å²) in [6, 6.07) is 14.1. The predicted molar refractivity (Wildman–Crippen MR) is 134 cm³/mol. The van der Waals surface area contributed by atoms with Crippen molar-refractivity contribution >= 4 is 27.9 Å². The number of H-pyrrole nitrogens is 1. The van der Waals surface area contributed by atoms with Crippen molar-refractivity contribution in [3.05, 3.63) is 66.1 Å². The molecule has 8 heteroatoms. The first-order chi connectivity index (χ1) is 17.1. The second kappa shape index (κ2) is 10.3. The minimum atomic E-state index is -0.524. The number of carbonyl (C=O) groups is 1. The molecule has 2 aromatic carbocycles. The molecule has 0 aliphatic carbocycles. The summed E-state index contributed by atoms with van der Waals surface area (Å²) < 4.78 is 24.2. The molecule has 0 unspecified atom stereocenters. The molecule has 0 atom stereocenters. The minimum Gasteiger partial charge on any atom is -0.496 e. The molecule has 35 heavy (non-hydrogen) atoms. The van der Waals surface area contributed by atoms with Crippen LogP contribution >= 0.6 is 0 Å². The summed E-state index contributed by atoms with van der Waals surface area (Å²) in [4.78, 5) is 22.3. The number of fused-ring (bicyclic) bond motifs is 2. The van der Waals surface area contributed by atoms with E-state index in [4.69, 9.17) is 9.47 Å². The number of benzene rings is 2. The van der Waals surface area contributed by atoms with Gasteiger partial charge in [-0.15, -0.1) is 0 Å². The Morgan fingerprint density at radius 3 is 2.83 bits per heavy atom. The average Bonchev–Trinajstić information content (AvgIpc) is 3.29. The third-order valence-electron chi connectivity index (χ3n) is 6.70. The number of halogens is 1. The monoisotopic (exact) mass is 476 g/mol. The van der Waals surface area contributed by atoms with Gasteiger partial charge in [-0.05, 0) is 80.7 Å². The lowest BCUT2D eigenvalue weighted by atomic mass is 9.89. The van der Waals surface area contributed by atoms with Crippen molar-refractivity contribution in [2.45, 2.75) is 25.2 Å². The van der Waals surface area contributed by atoms with Crippen molar-refractivity contribution in [1.82, 2.24) is 20.2 Å². The topological polar surface area (TPSA) is 79.5 Å². The first kappa shape index (κ1) is 23.1. The summed E-state index contributed by atoms with van der Waals surface area (Å²) in [6.45, 7) is 3.44. The maximum atomic E-state index is 13.5. The number of hydrogen-bond donors (Lipinski definition) is 2. The molecule has 0 spiro atoms. The highest BCUT2D eigenvalue weighted by Gasteiger charge is 2.22. The van der Waals surface area contributed by atoms with Crippen LogP contribution in [0.4, 0.5) is 9.18 Å². The molecule has 0 bridgehead atoms. The number of methoxy groups -OCH3 is 1. The molecule has 0 saturated carbocycles. The predicted octanol–water partition coefficient (Wildman–Crippen LogP) is 5.22. The fourth-order valence-corrected chi connectivity index (χ4v) is 4.89. The highest BCUT2D eigenvalue weighted by molar-refractivity contribution is 5.86. The molecule has 2 aromatic heterocycles. The Bertz CT molecular complexity index is 1330. The van der Waals surface area contributed by atoms with Crippen LogP contribution in [0.3, 0.4) is 0 Å². The molecule has 1 amide bonds. The molecular formula is C27H29FN4O3. The van der Waals surface area contributed by atoms with Crippen molar-refractivity contribution in [1.29, 1.82) is 0 Å². The zero-order chi connectivity index (χ0) is 24.2. The number of aromatic nitrogens is 2. The average molecular weight is 477 g/mol. The molecule has 7 nitrogen and oxygen atoms in total. The maximum Gasteiger partial charge on any atom is 0.413 e. The molecule has 1 aliphatic heterocycles. The third-order valence-corrected chi connectivity index (χ3v) is 6.70. The van der Waals surface area contributed by atoms with Crippen LogP contribution in [-0.4, -0.2) is 54.2 Å². The fraction of sp³-hybridized carbons (Fsp3) is 0.333. The van der Waals surface area contributed by atoms with Gasteiger partial charge in [0.05, 0.1) is 12.6 Å². The minimum absolute atomic E-state index is 0.208. The number of para-hydroxylation sites is 1. The van der Waals surface area contributed by atoms with E-state index in [9.17, 15) is 9.18 Å². The lowest BCUT2D eigenvalue weighted by Crippen LogP contribution is -2.36. The van der Waals surface area contributed by atoms with Gasteiger partial charge in [0.15, 0.2) is 0 Å². The molecule has 4 aromatic rings. The lowest BCUT2D eigenvalue weighted by Gasteiger charge is -2.32. The van der Waals surface area contributed by atoms with Gasteiger partial charge in [-0.1, -0.05) is 12.1 Å². The van der Waals surface area contributed by atoms with Crippen LogP contribution in [0, 0.1) is 5.82 Å². The SMILES string of the molecule is COc1cc(OC(=O)NCCCN2CCC(c3c[nH]c4cc(F)ccc34)CC2)nc2ccccc12. The zero-order valence-corrected chi connectivity index (χ0v) is 19.7. The summed E-state index contributed by atoms with van der Waals surface area (Å²) in [5.41, 5.74) is 2.85. The summed E-state index contributed by atoms with van der Waals surface area (Å²) in [7, 11) is 1.58. The van der Waals surface area contributed by atoms with Gasteiger partial charge in [0.25, 0.3) is 0 Å². The van der Waals surface area contributed by atoms with Gasteiger partial charge in [0.1, 0.15) is 11.6 Å². The number of piperidine rings is 1. The number of amides is 1. The number of pyridine rings is 1. The van der Waals surface area contributed by atoms with E-state index in [2.05, 4.69) is 20.2 Å². The van der Waals surface area contributed by atoms with E-state index >= 15 is 0 Å². The normalized spacial score (nSPS) is 14.9. The molecule has 5 rings (SSSR count). The highest BCUT2D eigenvalue weighted by Crippen LogP contribution is 2.33. The maximum absolute atomic E-state index is 13.5. The third kappa shape index (κ3) is 5.22. The smallest absolute Gasteiger partial charge is 0.413 e. The van der Waals surface area contributed by atoms with Crippen LogP contribution in [0.5, 0.6) is 11.6 Å². The second-order valence-corrected chi connectivity index (χ2v) is 8.90. The van der Waals surface area contributed by atoms with E-state index in [1.165, 1.54) is 11.6 Å². The van der Waals surface area contributed by atoms with Crippen molar-refractivity contribution < 1.29 is 18.7 Å². The zero-order valence-electron chi connectivity index (χ0n) is 19.7. The van der Waals surface area contributed by atoms with Gasteiger partial charge >= 0.3 is 6.09 Å². The summed E-state index contributed by atoms with van der Waals surface area (Å²) >= 11 is 0. The standard InChI is InChI=1S/C27H29FN4O3/c1-34-25-16-26(31-23-6-3-2-5-21(23)25)35-27(33)29-11-4-12-32-13-9-18(10-14-32)22-17-30-24-15-19(28)7-8-20(22)24/h2-3,5-8,15-18,30H,4,9-14H2,1H3,(H,29,33). The molecular weight excluding hydrogens is 447 g/mol. The lowest BCUT2D eigenvalue weighted by molar-refractivity contribution is 0.193. The number of aromatic amines is 1. The first-order valence-electron chi connectivity index (χ1n) is 12.0. The number of carbonyl (C=O) groups excluding carboxylic acids is 1. The Labute approximate surface area is 203 Å². The van der Waals surface area contributed by atoms with Crippen molar-refractivity contribution in [2.24, 2.45) is 0 Å². The van der Waals surface area contributed by atoms with E-state index < -0.39 is 6.09 Å². The Morgan fingerprint density at radius 2 is 2.00 bits per heavy atom. The van der Waals surface area contributed by atoms with Crippen molar-refractivity contribution in [3.63, 3.8) is 0 Å². The second-order valence-electron chi connectivity index (χ2n) is 8.90. The fourth-order valence-electron chi connectivity index (χ4n) is 4.89. The number of hydrogen-bond acceptors (Lipinski definition) is 5. The van der Waals surface area contributed by atoms with Gasteiger partial charge in [-0.2, -0.15) is 0 Å². The number of likely N-dealkylation sites (tertiary alicyclic amines) is 1. The number of nitrogens with zero attached hydrogens (tertiary/aromatic N) is 2. The molecule has 0 radical (unpaired) electrons. The quantitative estimate of drug-likeness (QED) is 0.358. The van der Waals surface area contributed by atoms with Gasteiger partial charge < -0.3 is 24.7 Å². The molecule has 1 aliphatic rings. The summed E-state index contributed by atoms with van der Waals surface area (Å²) in [5, 5.41) is 4.79. The molecule has 3 heterocycles. The van der Waals surface area contributed by atoms with Crippen LogP contribution in [0.15, 0.2) is 54.7 Å². The van der Waals surface area contributed by atoms with E-state index in [1.807, 2.05) is 36.5 Å². The van der Waals surface area contributed by atoms with E-state index in [1.54, 1.807) is 19.2 Å². The molecule has 182 valence electrons. The molecule has 2 N–H and O–H groups in total. The Kier molecular flexibility index (Phi) is 6.81. The van der Waals surface area contributed by atoms with Crippen LogP contribution < -0.4 is 14.8 Å². The van der Waals surface area contributed by atoms with Crippen molar-refractivity contribution in [3.8, 4) is 11.6 Å². The van der Waals surface area contributed by atoms with E-state index in [0.717, 1.165) is 55.2 Å². The Balaban J connectivity index is 1.06. The van der Waals surface area contributed by atoms with Crippen LogP contribution in [-0.2, 0) is 0 Å². The number of rotatable bonds is 7. The largest absolute Gasteiger partial charge is 0.496 e. The van der Waals surface area contributed by atoms with Crippen molar-refractivity contribution in [2.75, 3.05) is 33.3 Å². The molecule has 1 fully saturated rings. The number of ether oxygens (including phenoxy) is 2. The van der Waals surface area contributed by atoms with Crippen LogP contribution in [0.2, 0.25) is 0 Å². The van der Waals surface area contributed by atoms with E-state index in [-0.39, 0.29) is 11.7 Å². The van der Waals surface area contributed by atoms with E-state index in [0.29, 0.717) is 23.7 Å². The number of nitrogens with one attached hydrogen (secondary N) is 2.